The standard InChI is InChI=1S/C46H27F3N2.C46H28F2N2.C46H30N2/c47-39-25-26-41(45(49)44(39)48)50(31-9-3-1-4-10-31)33-20-15-28(16-21-33)34-22-17-29-18-24-37-43-30(19-23-36(34)42(29)43)27-38-35-13-7-8-14-40(35)51(46(37)38)32-11-5-2-6-12-32;47-39-13-5-8-16-42(39)49(43-17-9-6-14-40(43)48)33-23-18-29(19-24-33)34-25-20-30-21-27-37-45-31(22-26-36(34)44(30)45)28-38-35-12-4-7-15-41(35)50(46(37)38)32-10-2-1-3-11-32;1-4-12-34(13-5-1)47(35-14-6-2-7-15-35)37-25-20-31(21-26-37)38-27-22-32-23-29-41-45-33(24-28-40(38)44(32)45)30-42-39-18-10-11-19-43(39)48(46(41)42)36-16-8-3-9-17-36/h1-27H;1-28H;1-30H/i;;1D,4D,5D,12D,13D. The van der Waals surface area contributed by atoms with Gasteiger partial charge in [-0.25, -0.2) is 22.0 Å². The lowest BCUT2D eigenvalue weighted by Crippen LogP contribution is -2.13. The highest BCUT2D eigenvalue weighted by Gasteiger charge is 2.29. The van der Waals surface area contributed by atoms with E-state index in [0.717, 1.165) is 78.1 Å². The number of anilines is 9. The maximum atomic E-state index is 15.2. The first-order chi connectivity index (χ1) is 75.6. The zero-order valence-electron chi connectivity index (χ0n) is 84.8. The van der Waals surface area contributed by atoms with Crippen LogP contribution in [-0.4, -0.2) is 13.7 Å². The molecule has 0 radical (unpaired) electrons. The van der Waals surface area contributed by atoms with Crippen molar-refractivity contribution in [3.63, 3.8) is 0 Å². The first kappa shape index (κ1) is 82.0. The third kappa shape index (κ3) is 14.3. The molecular formula is C138H85F5N6. The molecule has 0 aliphatic rings. The first-order valence-electron chi connectivity index (χ1n) is 52.2. The highest BCUT2D eigenvalue weighted by Crippen LogP contribution is 2.53. The number of fused-ring (bicyclic) bond motifs is 12. The van der Waals surface area contributed by atoms with Gasteiger partial charge in [0.05, 0.1) is 57.0 Å². The topological polar surface area (TPSA) is 24.5 Å². The van der Waals surface area contributed by atoms with E-state index in [9.17, 15) is 8.78 Å². The summed E-state index contributed by atoms with van der Waals surface area (Å²) in [5.74, 6) is -4.81. The summed E-state index contributed by atoms with van der Waals surface area (Å²) in [7, 11) is 0. The average molecular weight is 1930 g/mol. The molecule has 11 heteroatoms. The molecule has 149 heavy (non-hydrogen) atoms. The monoisotopic (exact) mass is 1930 g/mol. The van der Waals surface area contributed by atoms with Crippen molar-refractivity contribution in [2.75, 3.05) is 14.7 Å². The van der Waals surface area contributed by atoms with E-state index in [-0.39, 0.29) is 46.9 Å². The first-order valence-corrected chi connectivity index (χ1v) is 49.7. The summed E-state index contributed by atoms with van der Waals surface area (Å²) >= 11 is 0. The van der Waals surface area contributed by atoms with Crippen molar-refractivity contribution in [3.05, 3.63) is 545 Å². The Balaban J connectivity index is 0.000000110. The quantitative estimate of drug-likeness (QED) is 0.0581. The van der Waals surface area contributed by atoms with Crippen LogP contribution in [0, 0.1) is 29.1 Å². The van der Waals surface area contributed by atoms with Crippen LogP contribution in [0.1, 0.15) is 6.85 Å². The Kier molecular flexibility index (Phi) is 19.6. The van der Waals surface area contributed by atoms with Gasteiger partial charge in [-0.3, -0.25) is 0 Å². The van der Waals surface area contributed by atoms with Crippen LogP contribution in [0.15, 0.2) is 516 Å². The average Bonchev–Trinajstić information content (AvgIpc) is 1.50. The van der Waals surface area contributed by atoms with Crippen LogP contribution in [-0.2, 0) is 0 Å². The minimum atomic E-state index is -1.50. The van der Waals surface area contributed by atoms with E-state index >= 15 is 13.2 Å². The van der Waals surface area contributed by atoms with Crippen molar-refractivity contribution in [2.24, 2.45) is 0 Å². The van der Waals surface area contributed by atoms with Gasteiger partial charge in [-0.1, -0.05) is 334 Å². The Morgan fingerprint density at radius 1 is 0.181 bits per heavy atom. The van der Waals surface area contributed by atoms with Gasteiger partial charge >= 0.3 is 0 Å². The van der Waals surface area contributed by atoms with Gasteiger partial charge in [0, 0.05) is 99.7 Å². The maximum absolute atomic E-state index is 15.2. The molecule has 0 amide bonds. The van der Waals surface area contributed by atoms with Gasteiger partial charge in [0.15, 0.2) is 17.5 Å². The number of nitrogens with zero attached hydrogens (tertiary/aromatic N) is 6. The largest absolute Gasteiger partial charge is 0.311 e. The smallest absolute Gasteiger partial charge is 0.196 e. The molecule has 0 atom stereocenters. The van der Waals surface area contributed by atoms with E-state index in [1.807, 2.05) is 127 Å². The van der Waals surface area contributed by atoms with Crippen LogP contribution in [0.25, 0.3) is 213 Å². The number of hydrogen-bond donors (Lipinski definition) is 0. The zero-order chi connectivity index (χ0) is 104. The van der Waals surface area contributed by atoms with Crippen molar-refractivity contribution in [1.82, 2.24) is 13.7 Å². The van der Waals surface area contributed by atoms with Gasteiger partial charge < -0.3 is 28.4 Å². The molecule has 0 fully saturated rings. The Bertz CT molecular complexity index is 10700. The summed E-state index contributed by atoms with van der Waals surface area (Å²) in [4.78, 5) is 4.98. The molecule has 0 saturated heterocycles. The number of halogens is 5. The summed E-state index contributed by atoms with van der Waals surface area (Å²) in [6.45, 7) is 0. The van der Waals surface area contributed by atoms with Crippen LogP contribution in [0.5, 0.6) is 0 Å². The van der Waals surface area contributed by atoms with Crippen LogP contribution < -0.4 is 14.7 Å². The van der Waals surface area contributed by atoms with E-state index in [1.165, 1.54) is 159 Å². The SMILES string of the molecule is Fc1ccc(N(c2ccccc2)c2ccc(-c3ccc4ccc5c6c(ccc3c46)cc3c4ccccc4n(-c4ccccc4)c35)cc2)c(F)c1F.Fc1ccccc1N(c1ccc(-c2ccc3ccc4c5c(ccc2c35)cc2c3ccccc3n(-c3ccccc3)c24)cc1)c1ccccc1F.[2H]c1c([2H])c([2H])c(N(c2ccccc2)c2ccc(-c3ccc4ccc5c6c(ccc3c46)cc3c4ccccc4n(-c4ccccc4)c35)cc2)c([2H])c1[2H]. The van der Waals surface area contributed by atoms with Crippen LogP contribution >= 0.6 is 0 Å². The molecule has 3 heterocycles. The molecule has 0 bridgehead atoms. The van der Waals surface area contributed by atoms with Gasteiger partial charge in [-0.2, -0.15) is 0 Å². The number of hydrogen-bond acceptors (Lipinski definition) is 3. The third-order valence-electron chi connectivity index (χ3n) is 29.8. The summed E-state index contributed by atoms with van der Waals surface area (Å²) in [5, 5.41) is 28.9. The Morgan fingerprint density at radius 2 is 0.470 bits per heavy atom. The Morgan fingerprint density at radius 3 is 0.839 bits per heavy atom. The normalized spacial score (nSPS) is 12.3. The molecule has 27 aromatic carbocycles. The van der Waals surface area contributed by atoms with Crippen LogP contribution in [0.2, 0.25) is 0 Å². The molecule has 3 aromatic heterocycles. The van der Waals surface area contributed by atoms with E-state index in [2.05, 4.69) is 311 Å². The molecule has 0 aliphatic heterocycles. The van der Waals surface area contributed by atoms with Crippen molar-refractivity contribution in [2.45, 2.75) is 0 Å². The fraction of sp³-hybridized carbons (Fsp3) is 0. The number of para-hydroxylation sites is 11. The van der Waals surface area contributed by atoms with Crippen molar-refractivity contribution in [3.8, 4) is 50.4 Å². The highest BCUT2D eigenvalue weighted by molar-refractivity contribution is 6.36. The second kappa shape index (κ2) is 35.5. The highest BCUT2D eigenvalue weighted by atomic mass is 19.2. The van der Waals surface area contributed by atoms with Crippen LogP contribution in [0.3, 0.4) is 0 Å². The summed E-state index contributed by atoms with van der Waals surface area (Å²) in [6.07, 6.45) is 0. The fourth-order valence-corrected chi connectivity index (χ4v) is 23.3. The van der Waals surface area contributed by atoms with E-state index in [4.69, 9.17) is 6.85 Å². The fourth-order valence-electron chi connectivity index (χ4n) is 23.3. The minimum absolute atomic E-state index is 0.0742. The lowest BCUT2D eigenvalue weighted by atomic mass is 9.89. The van der Waals surface area contributed by atoms with Gasteiger partial charge in [0.2, 0.25) is 0 Å². The third-order valence-corrected chi connectivity index (χ3v) is 29.8. The predicted molar refractivity (Wildman–Crippen MR) is 614 cm³/mol. The van der Waals surface area contributed by atoms with E-state index < -0.39 is 35.1 Å². The van der Waals surface area contributed by atoms with Crippen molar-refractivity contribution >= 4 is 214 Å². The lowest BCUT2D eigenvalue weighted by molar-refractivity contribution is 0.448. The summed E-state index contributed by atoms with van der Waals surface area (Å²) in [5.41, 5.74) is 20.7. The molecule has 6 nitrogen and oxygen atoms in total. The summed E-state index contributed by atoms with van der Waals surface area (Å²) in [6, 6.07) is 160. The van der Waals surface area contributed by atoms with Gasteiger partial charge in [0.1, 0.15) is 11.6 Å². The van der Waals surface area contributed by atoms with Crippen molar-refractivity contribution in [1.29, 1.82) is 0 Å². The van der Waals surface area contributed by atoms with Gasteiger partial charge in [0.25, 0.3) is 0 Å². The zero-order valence-corrected chi connectivity index (χ0v) is 79.8. The molecule has 30 aromatic rings. The molecular weight excluding hydrogens is 1840 g/mol. The van der Waals surface area contributed by atoms with Gasteiger partial charge in [-0.05, 0) is 296 Å². The molecule has 30 rings (SSSR count). The predicted octanol–water partition coefficient (Wildman–Crippen LogP) is 39.1. The summed E-state index contributed by atoms with van der Waals surface area (Å²) < 4.78 is 124. The van der Waals surface area contributed by atoms with Crippen LogP contribution in [0.4, 0.5) is 73.1 Å². The Labute approximate surface area is 860 Å². The molecule has 0 spiro atoms. The second-order valence-electron chi connectivity index (χ2n) is 37.9. The van der Waals surface area contributed by atoms with Crippen molar-refractivity contribution < 1.29 is 28.8 Å². The number of benzene rings is 27. The number of rotatable bonds is 15. The number of aromatic nitrogens is 3. The molecule has 0 saturated carbocycles. The van der Waals surface area contributed by atoms with Gasteiger partial charge in [-0.15, -0.1) is 0 Å². The minimum Gasteiger partial charge on any atom is -0.311 e. The maximum Gasteiger partial charge on any atom is 0.196 e. The van der Waals surface area contributed by atoms with E-state index in [0.29, 0.717) is 28.4 Å². The molecule has 0 aliphatic carbocycles. The lowest BCUT2D eigenvalue weighted by Gasteiger charge is -2.26. The Hall–Kier alpha value is -19.5. The molecule has 0 unspecified atom stereocenters. The molecule has 702 valence electrons. The molecule has 0 N–H and O–H groups in total. The van der Waals surface area contributed by atoms with E-state index in [1.54, 1.807) is 51.1 Å². The second-order valence-corrected chi connectivity index (χ2v) is 37.9.